The Morgan fingerprint density at radius 2 is 1.87 bits per heavy atom. The fourth-order valence-electron chi connectivity index (χ4n) is 1.77. The Balaban J connectivity index is 3.45. The van der Waals surface area contributed by atoms with Crippen LogP contribution in [0, 0.1) is 0 Å². The minimum atomic E-state index is 0.174. The van der Waals surface area contributed by atoms with Gasteiger partial charge in [0.05, 0.1) is 0 Å². The Hall–Kier alpha value is -1.30. The van der Waals surface area contributed by atoms with Crippen molar-refractivity contribution in [3.8, 4) is 0 Å². The molecule has 0 heteroatoms. The van der Waals surface area contributed by atoms with Gasteiger partial charge in [-0.2, -0.15) is 0 Å². The molecule has 0 aliphatic carbocycles. The Morgan fingerprint density at radius 3 is 2.33 bits per heavy atom. The summed E-state index contributed by atoms with van der Waals surface area (Å²) in [5.41, 5.74) is 4.05. The summed E-state index contributed by atoms with van der Waals surface area (Å²) in [7, 11) is 0. The highest BCUT2D eigenvalue weighted by atomic mass is 14.2. The first-order valence-electron chi connectivity index (χ1n) is 5.39. The first-order chi connectivity index (χ1) is 7.00. The molecule has 0 saturated carbocycles. The molecule has 0 aliphatic heterocycles. The lowest BCUT2D eigenvalue weighted by atomic mass is 9.82. The van der Waals surface area contributed by atoms with E-state index in [4.69, 9.17) is 0 Å². The Morgan fingerprint density at radius 1 is 1.20 bits per heavy atom. The van der Waals surface area contributed by atoms with E-state index < -0.39 is 0 Å². The molecule has 0 atom stereocenters. The third kappa shape index (κ3) is 2.59. The highest BCUT2D eigenvalue weighted by Gasteiger charge is 2.17. The van der Waals surface area contributed by atoms with Crippen LogP contribution in [0.15, 0.2) is 30.9 Å². The second-order valence-electron chi connectivity index (χ2n) is 4.76. The second-order valence-corrected chi connectivity index (χ2v) is 4.76. The van der Waals surface area contributed by atoms with Crippen LogP contribution in [0.2, 0.25) is 0 Å². The molecule has 0 amide bonds. The molecule has 0 aromatic heterocycles. The van der Waals surface area contributed by atoms with E-state index in [9.17, 15) is 0 Å². The molecule has 1 rings (SSSR count). The van der Waals surface area contributed by atoms with Crippen molar-refractivity contribution >= 4 is 12.2 Å². The number of hydrogen-bond donors (Lipinski definition) is 0. The topological polar surface area (TPSA) is 0 Å². The van der Waals surface area contributed by atoms with Crippen LogP contribution < -0.4 is 0 Å². The first-order valence-corrected chi connectivity index (χ1v) is 5.39. The van der Waals surface area contributed by atoms with E-state index in [1.54, 1.807) is 0 Å². The van der Waals surface area contributed by atoms with E-state index in [2.05, 4.69) is 57.7 Å². The van der Waals surface area contributed by atoms with Crippen LogP contribution in [-0.4, -0.2) is 0 Å². The molecule has 0 saturated heterocycles. The van der Waals surface area contributed by atoms with Crippen LogP contribution in [-0.2, 0) is 5.41 Å². The molecule has 0 spiro atoms. The summed E-state index contributed by atoms with van der Waals surface area (Å²) >= 11 is 0. The van der Waals surface area contributed by atoms with Gasteiger partial charge in [-0.1, -0.05) is 63.8 Å². The number of rotatable bonds is 2. The average Bonchev–Trinajstić information content (AvgIpc) is 2.17. The van der Waals surface area contributed by atoms with Gasteiger partial charge in [0.25, 0.3) is 0 Å². The molecule has 15 heavy (non-hydrogen) atoms. The molecule has 1 aromatic carbocycles. The first kappa shape index (κ1) is 11.8. The van der Waals surface area contributed by atoms with Crippen LogP contribution in [0.5, 0.6) is 0 Å². The van der Waals surface area contributed by atoms with Gasteiger partial charge < -0.3 is 0 Å². The van der Waals surface area contributed by atoms with Crippen molar-refractivity contribution in [3.05, 3.63) is 47.5 Å². The lowest BCUT2D eigenvalue weighted by Gasteiger charge is -2.23. The lowest BCUT2D eigenvalue weighted by Crippen LogP contribution is -2.13. The quantitative estimate of drug-likeness (QED) is 0.651. The van der Waals surface area contributed by atoms with E-state index in [0.717, 1.165) is 0 Å². The maximum atomic E-state index is 3.86. The number of allylic oxidation sites excluding steroid dienone is 1. The van der Waals surface area contributed by atoms with Gasteiger partial charge in [-0.25, -0.2) is 0 Å². The van der Waals surface area contributed by atoms with Crippen molar-refractivity contribution in [2.24, 2.45) is 0 Å². The van der Waals surface area contributed by atoms with Crippen molar-refractivity contribution in [2.75, 3.05) is 0 Å². The Bertz CT molecular complexity index is 376. The predicted molar refractivity (Wildman–Crippen MR) is 69.9 cm³/mol. The van der Waals surface area contributed by atoms with Crippen LogP contribution in [0.3, 0.4) is 0 Å². The van der Waals surface area contributed by atoms with E-state index in [1.807, 2.05) is 13.0 Å². The highest BCUT2D eigenvalue weighted by molar-refractivity contribution is 5.68. The van der Waals surface area contributed by atoms with Crippen LogP contribution in [0.4, 0.5) is 0 Å². The zero-order chi connectivity index (χ0) is 11.5. The van der Waals surface area contributed by atoms with Crippen molar-refractivity contribution in [2.45, 2.75) is 33.1 Å². The maximum absolute atomic E-state index is 3.86. The fraction of sp³-hybridized carbons (Fsp3) is 0.333. The molecule has 0 radical (unpaired) electrons. The second kappa shape index (κ2) is 4.48. The van der Waals surface area contributed by atoms with Crippen LogP contribution in [0.25, 0.3) is 12.2 Å². The zero-order valence-electron chi connectivity index (χ0n) is 10.2. The molecule has 0 unspecified atom stereocenters. The molecule has 80 valence electrons. The summed E-state index contributed by atoms with van der Waals surface area (Å²) in [6.07, 6.45) is 6.17. The summed E-state index contributed by atoms with van der Waals surface area (Å²) in [6.45, 7) is 12.6. The largest absolute Gasteiger partial charge is 0.0984 e. The molecular formula is C15H20. The minimum Gasteiger partial charge on any atom is -0.0984 e. The molecule has 0 aliphatic rings. The molecule has 1 aromatic rings. The van der Waals surface area contributed by atoms with E-state index in [-0.39, 0.29) is 5.41 Å². The van der Waals surface area contributed by atoms with Gasteiger partial charge in [-0.05, 0) is 29.0 Å². The molecule has 0 bridgehead atoms. The van der Waals surface area contributed by atoms with Gasteiger partial charge in [-0.3, -0.25) is 0 Å². The maximum Gasteiger partial charge on any atom is -0.0126 e. The van der Waals surface area contributed by atoms with Gasteiger partial charge in [0.1, 0.15) is 0 Å². The lowest BCUT2D eigenvalue weighted by molar-refractivity contribution is 0.589. The normalized spacial score (nSPS) is 12.0. The minimum absolute atomic E-state index is 0.174. The van der Waals surface area contributed by atoms with Gasteiger partial charge in [-0.15, -0.1) is 0 Å². The van der Waals surface area contributed by atoms with Crippen LogP contribution in [0.1, 0.15) is 44.4 Å². The average molecular weight is 200 g/mol. The van der Waals surface area contributed by atoms with Gasteiger partial charge in [0.15, 0.2) is 0 Å². The van der Waals surface area contributed by atoms with Crippen LogP contribution >= 0.6 is 0 Å². The van der Waals surface area contributed by atoms with Crippen molar-refractivity contribution in [1.29, 1.82) is 0 Å². The molecule has 0 fully saturated rings. The smallest absolute Gasteiger partial charge is 0.0126 e. The highest BCUT2D eigenvalue weighted by Crippen LogP contribution is 2.29. The Kier molecular flexibility index (Phi) is 3.52. The van der Waals surface area contributed by atoms with E-state index in [0.29, 0.717) is 0 Å². The summed E-state index contributed by atoms with van der Waals surface area (Å²) < 4.78 is 0. The number of benzene rings is 1. The third-order valence-electron chi connectivity index (χ3n) is 2.50. The van der Waals surface area contributed by atoms with E-state index >= 15 is 0 Å². The molecule has 0 nitrogen and oxygen atoms in total. The number of hydrogen-bond acceptors (Lipinski definition) is 0. The van der Waals surface area contributed by atoms with E-state index in [1.165, 1.54) is 16.7 Å². The molecule has 0 N–H and O–H groups in total. The van der Waals surface area contributed by atoms with Crippen molar-refractivity contribution in [3.63, 3.8) is 0 Å². The zero-order valence-corrected chi connectivity index (χ0v) is 10.2. The van der Waals surface area contributed by atoms with Crippen molar-refractivity contribution < 1.29 is 0 Å². The summed E-state index contributed by atoms with van der Waals surface area (Å²) in [4.78, 5) is 0. The SMILES string of the molecule is C=Cc1cccc(C(C)(C)C)c1/C=C\C. The molecule has 0 heterocycles. The summed E-state index contributed by atoms with van der Waals surface area (Å²) in [6, 6.07) is 6.41. The van der Waals surface area contributed by atoms with Crippen molar-refractivity contribution in [1.82, 2.24) is 0 Å². The molecular weight excluding hydrogens is 180 g/mol. The standard InChI is InChI=1S/C15H20/c1-6-9-13-12(7-2)10-8-11-14(13)15(3,4)5/h6-11H,2H2,1,3-5H3/b9-6-. The monoisotopic (exact) mass is 200 g/mol. The van der Waals surface area contributed by atoms with Gasteiger partial charge >= 0.3 is 0 Å². The summed E-state index contributed by atoms with van der Waals surface area (Å²) in [5.74, 6) is 0. The summed E-state index contributed by atoms with van der Waals surface area (Å²) in [5, 5.41) is 0. The third-order valence-corrected chi connectivity index (χ3v) is 2.50. The Labute approximate surface area is 93.3 Å². The van der Waals surface area contributed by atoms with Gasteiger partial charge in [0.2, 0.25) is 0 Å². The fourth-order valence-corrected chi connectivity index (χ4v) is 1.77. The van der Waals surface area contributed by atoms with Gasteiger partial charge in [0, 0.05) is 0 Å². The predicted octanol–water partition coefficient (Wildman–Crippen LogP) is 4.66.